The van der Waals surface area contributed by atoms with Crippen LogP contribution in [0.2, 0.25) is 0 Å². The van der Waals surface area contributed by atoms with E-state index in [0.29, 0.717) is 24.9 Å². The van der Waals surface area contributed by atoms with Gasteiger partial charge in [0.2, 0.25) is 0 Å². The minimum Gasteiger partial charge on any atom is -0.460 e. The summed E-state index contributed by atoms with van der Waals surface area (Å²) in [6.07, 6.45) is 2.78. The Hall–Kier alpha value is -2.95. The van der Waals surface area contributed by atoms with Crippen molar-refractivity contribution in [2.75, 3.05) is 0 Å². The highest BCUT2D eigenvalue weighted by molar-refractivity contribution is 6.03. The van der Waals surface area contributed by atoms with E-state index in [1.165, 1.54) is 0 Å². The molecule has 0 saturated heterocycles. The summed E-state index contributed by atoms with van der Waals surface area (Å²) in [6, 6.07) is 8.83. The molecule has 2 fully saturated rings. The molecular weight excluding hydrogens is 416 g/mol. The molecule has 0 radical (unpaired) electrons. The number of hydrogen-bond donors (Lipinski definition) is 0. The number of hydrogen-bond acceptors (Lipinski definition) is 5. The minimum atomic E-state index is -0.828. The second-order valence-corrected chi connectivity index (χ2v) is 9.99. The number of rotatable bonds is 5. The van der Waals surface area contributed by atoms with Gasteiger partial charge in [0.25, 0.3) is 6.47 Å². The van der Waals surface area contributed by atoms with Crippen LogP contribution in [-0.4, -0.2) is 30.4 Å². The fourth-order valence-electron chi connectivity index (χ4n) is 6.63. The molecule has 1 aromatic carbocycles. The maximum Gasteiger partial charge on any atom is 0.338 e. The molecule has 0 unspecified atom stereocenters. The van der Waals surface area contributed by atoms with Crippen molar-refractivity contribution in [2.24, 2.45) is 29.1 Å². The Bertz CT molecular complexity index is 1020. The van der Waals surface area contributed by atoms with Gasteiger partial charge in [-0.1, -0.05) is 49.9 Å². The normalized spacial score (nSPS) is 35.5. The molecule has 3 aliphatic carbocycles. The summed E-state index contributed by atoms with van der Waals surface area (Å²) < 4.78 is 11.7. The van der Waals surface area contributed by atoms with Gasteiger partial charge in [0.1, 0.15) is 12.2 Å². The standard InChI is InChI=1S/C28H32O5/c1-16(2)21-12-11-17(3)24(32-15-29)23-25(33-27(31)20-9-7-6-8-10-20)19(5)14-28(23)22(21)13-18(4)26(28)30/h6-10,13,15,19,21-25H,1,3,11-12,14H2,2,4-5H3/t19-,21+,22+,23-,24+,25-,28+/m0/s1. The van der Waals surface area contributed by atoms with Crippen molar-refractivity contribution in [1.29, 1.82) is 0 Å². The molecule has 7 atom stereocenters. The fraction of sp³-hybridized carbons (Fsp3) is 0.464. The Kier molecular flexibility index (Phi) is 6.17. The van der Waals surface area contributed by atoms with Crippen molar-refractivity contribution >= 4 is 18.2 Å². The predicted molar refractivity (Wildman–Crippen MR) is 125 cm³/mol. The van der Waals surface area contributed by atoms with Crippen molar-refractivity contribution in [3.63, 3.8) is 0 Å². The average molecular weight is 449 g/mol. The monoisotopic (exact) mass is 448 g/mol. The van der Waals surface area contributed by atoms with Crippen LogP contribution in [0.3, 0.4) is 0 Å². The molecule has 1 aromatic rings. The van der Waals surface area contributed by atoms with Gasteiger partial charge in [-0.3, -0.25) is 9.59 Å². The van der Waals surface area contributed by atoms with Gasteiger partial charge in [-0.05, 0) is 74.1 Å². The summed E-state index contributed by atoms with van der Waals surface area (Å²) in [4.78, 5) is 38.5. The summed E-state index contributed by atoms with van der Waals surface area (Å²) in [5.41, 5.74) is 2.12. The first-order chi connectivity index (χ1) is 15.7. The minimum absolute atomic E-state index is 0.0584. The van der Waals surface area contributed by atoms with Crippen LogP contribution in [0.25, 0.3) is 0 Å². The molecule has 0 heterocycles. The van der Waals surface area contributed by atoms with E-state index in [2.05, 4.69) is 19.2 Å². The summed E-state index contributed by atoms with van der Waals surface area (Å²) in [5, 5.41) is 0. The zero-order valence-electron chi connectivity index (χ0n) is 19.6. The largest absolute Gasteiger partial charge is 0.460 e. The molecule has 5 nitrogen and oxygen atoms in total. The number of esters is 1. The Morgan fingerprint density at radius 3 is 2.58 bits per heavy atom. The van der Waals surface area contributed by atoms with Gasteiger partial charge >= 0.3 is 5.97 Å². The molecule has 1 spiro atoms. The maximum atomic E-state index is 13.9. The van der Waals surface area contributed by atoms with Gasteiger partial charge in [-0.2, -0.15) is 0 Å². The van der Waals surface area contributed by atoms with E-state index in [1.54, 1.807) is 24.3 Å². The quantitative estimate of drug-likeness (QED) is 0.357. The van der Waals surface area contributed by atoms with Crippen LogP contribution in [0.15, 0.2) is 66.3 Å². The number of Topliss-reactive ketones (excluding diaryl/α,β-unsaturated/α-hetero) is 1. The molecular formula is C28H32O5. The third-order valence-electron chi connectivity index (χ3n) is 8.00. The van der Waals surface area contributed by atoms with Crippen molar-refractivity contribution in [2.45, 2.75) is 52.2 Å². The number of benzene rings is 1. The third kappa shape index (κ3) is 3.68. The second-order valence-electron chi connectivity index (χ2n) is 9.99. The first-order valence-electron chi connectivity index (χ1n) is 11.6. The van der Waals surface area contributed by atoms with E-state index < -0.39 is 29.5 Å². The zero-order chi connectivity index (χ0) is 23.9. The molecule has 0 bridgehead atoms. The first-order valence-corrected chi connectivity index (χ1v) is 11.6. The van der Waals surface area contributed by atoms with E-state index in [-0.39, 0.29) is 23.5 Å². The van der Waals surface area contributed by atoms with E-state index >= 15 is 0 Å². The topological polar surface area (TPSA) is 69.7 Å². The first kappa shape index (κ1) is 23.2. The summed E-state index contributed by atoms with van der Waals surface area (Å²) in [5.74, 6) is -0.970. The Labute approximate surface area is 195 Å². The molecule has 5 heteroatoms. The average Bonchev–Trinajstić information content (AvgIpc) is 3.20. The number of allylic oxidation sites excluding steroid dienone is 3. The SMILES string of the molecule is C=C(C)[C@H]1CCC(=C)[C@@H](OC=O)[C@H]2[C@@H](OC(=O)c3ccccc3)[C@@H](C)C[C@]23C(=O)C(C)=C[C@H]13. The number of ether oxygens (including phenoxy) is 2. The van der Waals surface area contributed by atoms with Crippen molar-refractivity contribution < 1.29 is 23.9 Å². The number of ketones is 1. The Balaban J connectivity index is 1.84. The van der Waals surface area contributed by atoms with Crippen LogP contribution >= 0.6 is 0 Å². The van der Waals surface area contributed by atoms with Gasteiger partial charge in [0.05, 0.1) is 16.9 Å². The highest BCUT2D eigenvalue weighted by Gasteiger charge is 2.67. The number of carbonyl (C=O) groups is 3. The van der Waals surface area contributed by atoms with Crippen molar-refractivity contribution in [3.8, 4) is 0 Å². The summed E-state index contributed by atoms with van der Waals surface area (Å²) >= 11 is 0. The van der Waals surface area contributed by atoms with Gasteiger partial charge in [-0.25, -0.2) is 4.79 Å². The lowest BCUT2D eigenvalue weighted by molar-refractivity contribution is -0.147. The lowest BCUT2D eigenvalue weighted by atomic mass is 9.58. The lowest BCUT2D eigenvalue weighted by Crippen LogP contribution is -2.51. The van der Waals surface area contributed by atoms with E-state index in [1.807, 2.05) is 26.8 Å². The summed E-state index contributed by atoms with van der Waals surface area (Å²) in [7, 11) is 0. The van der Waals surface area contributed by atoms with Crippen molar-refractivity contribution in [3.05, 3.63) is 71.8 Å². The highest BCUT2D eigenvalue weighted by atomic mass is 16.6. The molecule has 0 aliphatic heterocycles. The van der Waals surface area contributed by atoms with Crippen LogP contribution in [0.4, 0.5) is 0 Å². The fourth-order valence-corrected chi connectivity index (χ4v) is 6.63. The molecule has 0 aromatic heterocycles. The molecule has 33 heavy (non-hydrogen) atoms. The van der Waals surface area contributed by atoms with Crippen LogP contribution in [0, 0.1) is 29.1 Å². The van der Waals surface area contributed by atoms with Gasteiger partial charge in [0.15, 0.2) is 5.78 Å². The Morgan fingerprint density at radius 1 is 1.24 bits per heavy atom. The molecule has 2 saturated carbocycles. The van der Waals surface area contributed by atoms with Gasteiger partial charge in [-0.15, -0.1) is 0 Å². The molecule has 174 valence electrons. The van der Waals surface area contributed by atoms with Crippen molar-refractivity contribution in [1.82, 2.24) is 0 Å². The molecule has 4 rings (SSSR count). The van der Waals surface area contributed by atoms with E-state index in [9.17, 15) is 14.4 Å². The summed E-state index contributed by atoms with van der Waals surface area (Å²) in [6.45, 7) is 14.8. The van der Waals surface area contributed by atoms with Crippen LogP contribution in [0.1, 0.15) is 50.4 Å². The lowest BCUT2D eigenvalue weighted by Gasteiger charge is -2.46. The van der Waals surface area contributed by atoms with Crippen LogP contribution < -0.4 is 0 Å². The Morgan fingerprint density at radius 2 is 1.94 bits per heavy atom. The second kappa shape index (κ2) is 8.77. The highest BCUT2D eigenvalue weighted by Crippen LogP contribution is 2.63. The maximum absolute atomic E-state index is 13.9. The number of carbonyl (C=O) groups excluding carboxylic acids is 3. The molecule has 0 amide bonds. The van der Waals surface area contributed by atoms with E-state index in [4.69, 9.17) is 9.47 Å². The zero-order valence-corrected chi connectivity index (χ0v) is 19.6. The predicted octanol–water partition coefficient (Wildman–Crippen LogP) is 5.08. The van der Waals surface area contributed by atoms with Crippen LogP contribution in [0.5, 0.6) is 0 Å². The molecule has 0 N–H and O–H groups in total. The van der Waals surface area contributed by atoms with Gasteiger partial charge < -0.3 is 9.47 Å². The third-order valence-corrected chi connectivity index (χ3v) is 8.00. The molecule has 3 aliphatic rings. The van der Waals surface area contributed by atoms with Gasteiger partial charge in [0, 0.05) is 0 Å². The van der Waals surface area contributed by atoms with E-state index in [0.717, 1.165) is 23.1 Å². The smallest absolute Gasteiger partial charge is 0.338 e. The van der Waals surface area contributed by atoms with Crippen LogP contribution in [-0.2, 0) is 19.1 Å².